The Morgan fingerprint density at radius 1 is 1.12 bits per heavy atom. The highest BCUT2D eigenvalue weighted by molar-refractivity contribution is 5.97. The number of halogens is 2. The lowest BCUT2D eigenvalue weighted by atomic mass is 10.0. The Bertz CT molecular complexity index is 1540. The number of likely N-dealkylation sites (tertiary alicyclic amines) is 1. The third-order valence-corrected chi connectivity index (χ3v) is 8.98. The SMILES string of the molecule is Cc1cc(Nc2ncnc3cc(OCC4C5COCC54)c(CC(=O)/C(F)=C/CN4C[C@@H]5OCCO[C@@H]5C4)cc23)ccc1F. The highest BCUT2D eigenvalue weighted by Crippen LogP contribution is 2.50. The zero-order chi connectivity index (χ0) is 29.5. The first-order chi connectivity index (χ1) is 20.9. The van der Waals surface area contributed by atoms with Crippen LogP contribution >= 0.6 is 0 Å². The van der Waals surface area contributed by atoms with Crippen molar-refractivity contribution in [3.05, 3.63) is 65.5 Å². The van der Waals surface area contributed by atoms with Crippen molar-refractivity contribution in [1.82, 2.24) is 14.9 Å². The molecule has 2 aromatic carbocycles. The van der Waals surface area contributed by atoms with Crippen LogP contribution in [0.5, 0.6) is 5.75 Å². The summed E-state index contributed by atoms with van der Waals surface area (Å²) in [7, 11) is 0. The highest BCUT2D eigenvalue weighted by Gasteiger charge is 2.54. The van der Waals surface area contributed by atoms with Crippen LogP contribution in [0.3, 0.4) is 0 Å². The number of hydrogen-bond donors (Lipinski definition) is 1. The van der Waals surface area contributed by atoms with Gasteiger partial charge in [-0.25, -0.2) is 18.7 Å². The second kappa shape index (κ2) is 11.9. The van der Waals surface area contributed by atoms with Crippen molar-refractivity contribution in [1.29, 1.82) is 0 Å². The minimum Gasteiger partial charge on any atom is -0.493 e. The lowest BCUT2D eigenvalue weighted by Crippen LogP contribution is -2.36. The van der Waals surface area contributed by atoms with E-state index in [9.17, 15) is 9.18 Å². The maximum absolute atomic E-state index is 15.2. The first kappa shape index (κ1) is 28.3. The molecule has 1 N–H and O–H groups in total. The van der Waals surface area contributed by atoms with Gasteiger partial charge in [-0.05, 0) is 54.7 Å². The standard InChI is InChI=1S/C32H34F2N4O5/c1-18-8-20(2-3-25(18)33)37-32-21-9-19(10-28(39)26(34)4-5-38-12-30-31(13-38)42-7-6-41-30)29(11-27(21)35-17-36-32)43-16-24-22-14-40-15-23(22)24/h2-4,8-9,11,17,22-24,30-31H,5-7,10,12-16H2,1H3,(H,35,36,37)/b26-4-/t22?,23?,24?,30-,31+. The number of benzene rings is 2. The minimum absolute atomic E-state index is 0.0142. The van der Waals surface area contributed by atoms with E-state index >= 15 is 4.39 Å². The molecule has 2 unspecified atom stereocenters. The van der Waals surface area contributed by atoms with E-state index in [1.54, 1.807) is 31.2 Å². The van der Waals surface area contributed by atoms with Gasteiger partial charge in [-0.2, -0.15) is 0 Å². The summed E-state index contributed by atoms with van der Waals surface area (Å²) in [6.45, 7) is 6.39. The van der Waals surface area contributed by atoms with Crippen molar-refractivity contribution < 1.29 is 32.5 Å². The molecule has 4 atom stereocenters. The van der Waals surface area contributed by atoms with Gasteiger partial charge in [0.15, 0.2) is 11.6 Å². The minimum atomic E-state index is -0.791. The zero-order valence-corrected chi connectivity index (χ0v) is 23.9. The molecule has 226 valence electrons. The lowest BCUT2D eigenvalue weighted by Gasteiger charge is -2.24. The number of ketones is 1. The summed E-state index contributed by atoms with van der Waals surface area (Å²) in [6, 6.07) is 8.27. The second-order valence-corrected chi connectivity index (χ2v) is 11.8. The van der Waals surface area contributed by atoms with Gasteiger partial charge in [0.05, 0.1) is 50.8 Å². The third kappa shape index (κ3) is 5.99. The lowest BCUT2D eigenvalue weighted by molar-refractivity contribution is -0.116. The van der Waals surface area contributed by atoms with Gasteiger partial charge in [0.25, 0.3) is 0 Å². The fraction of sp³-hybridized carbons (Fsp3) is 0.469. The van der Waals surface area contributed by atoms with E-state index in [4.69, 9.17) is 18.9 Å². The van der Waals surface area contributed by atoms with E-state index in [0.29, 0.717) is 96.5 Å². The normalized spacial score (nSPS) is 26.8. The maximum Gasteiger partial charge on any atom is 0.195 e. The summed E-state index contributed by atoms with van der Waals surface area (Å²) in [4.78, 5) is 24.0. The van der Waals surface area contributed by atoms with Gasteiger partial charge in [0.1, 0.15) is 23.7 Å². The van der Waals surface area contributed by atoms with Crippen LogP contribution in [-0.2, 0) is 25.4 Å². The van der Waals surface area contributed by atoms with Crippen molar-refractivity contribution in [3.63, 3.8) is 0 Å². The molecule has 0 bridgehead atoms. The van der Waals surface area contributed by atoms with Crippen LogP contribution in [0.4, 0.5) is 20.3 Å². The molecule has 9 nitrogen and oxygen atoms in total. The number of ether oxygens (including phenoxy) is 4. The maximum atomic E-state index is 15.2. The van der Waals surface area contributed by atoms with E-state index in [-0.39, 0.29) is 24.4 Å². The number of rotatable bonds is 10. The first-order valence-corrected chi connectivity index (χ1v) is 14.8. The molecule has 3 saturated heterocycles. The van der Waals surface area contributed by atoms with Crippen LogP contribution in [0, 0.1) is 30.5 Å². The number of carbonyl (C=O) groups is 1. The Morgan fingerprint density at radius 2 is 1.88 bits per heavy atom. The average molecular weight is 593 g/mol. The van der Waals surface area contributed by atoms with Crippen molar-refractivity contribution in [2.75, 3.05) is 58.0 Å². The molecule has 0 amide bonds. The summed E-state index contributed by atoms with van der Waals surface area (Å²) in [5, 5.41) is 3.87. The van der Waals surface area contributed by atoms with Gasteiger partial charge in [-0.1, -0.05) is 0 Å². The van der Waals surface area contributed by atoms with Gasteiger partial charge in [0.2, 0.25) is 0 Å². The summed E-state index contributed by atoms with van der Waals surface area (Å²) < 4.78 is 52.2. The third-order valence-electron chi connectivity index (χ3n) is 8.98. The Balaban J connectivity index is 1.12. The number of nitrogens with zero attached hydrogens (tertiary/aromatic N) is 3. The molecule has 7 rings (SSSR count). The molecule has 3 aromatic rings. The van der Waals surface area contributed by atoms with E-state index in [2.05, 4.69) is 15.3 Å². The number of carbonyl (C=O) groups excluding carboxylic acids is 1. The Morgan fingerprint density at radius 3 is 2.63 bits per heavy atom. The monoisotopic (exact) mass is 592 g/mol. The van der Waals surface area contributed by atoms with Crippen molar-refractivity contribution in [2.24, 2.45) is 17.8 Å². The zero-order valence-electron chi connectivity index (χ0n) is 23.9. The van der Waals surface area contributed by atoms with Crippen LogP contribution in [0.2, 0.25) is 0 Å². The Kier molecular flexibility index (Phi) is 7.81. The largest absolute Gasteiger partial charge is 0.493 e. The predicted molar refractivity (Wildman–Crippen MR) is 155 cm³/mol. The van der Waals surface area contributed by atoms with Crippen molar-refractivity contribution >= 4 is 28.2 Å². The molecule has 1 aromatic heterocycles. The summed E-state index contributed by atoms with van der Waals surface area (Å²) in [5.41, 5.74) is 2.31. The number of aryl methyl sites for hydroxylation is 1. The Hall–Kier alpha value is -3.51. The van der Waals surface area contributed by atoms with Crippen LogP contribution < -0.4 is 10.1 Å². The van der Waals surface area contributed by atoms with Gasteiger partial charge < -0.3 is 24.3 Å². The predicted octanol–water partition coefficient (Wildman–Crippen LogP) is 4.16. The van der Waals surface area contributed by atoms with Crippen LogP contribution in [0.1, 0.15) is 11.1 Å². The number of nitrogens with one attached hydrogen (secondary N) is 1. The Labute approximate surface area is 248 Å². The molecule has 11 heteroatoms. The van der Waals surface area contributed by atoms with Gasteiger partial charge in [0, 0.05) is 54.7 Å². The number of Topliss-reactive ketones (excluding diaryl/α,β-unsaturated/α-hetero) is 1. The van der Waals surface area contributed by atoms with E-state index < -0.39 is 11.6 Å². The van der Waals surface area contributed by atoms with Gasteiger partial charge >= 0.3 is 0 Å². The van der Waals surface area contributed by atoms with Gasteiger partial charge in [-0.15, -0.1) is 0 Å². The van der Waals surface area contributed by atoms with Crippen LogP contribution in [-0.4, -0.2) is 85.5 Å². The molecular formula is C32H34F2N4O5. The number of allylic oxidation sites excluding steroid dienone is 1. The molecule has 1 saturated carbocycles. The summed E-state index contributed by atoms with van der Waals surface area (Å²) in [5.74, 6) is 0.687. The summed E-state index contributed by atoms with van der Waals surface area (Å²) >= 11 is 0. The molecule has 0 radical (unpaired) electrons. The number of aromatic nitrogens is 2. The second-order valence-electron chi connectivity index (χ2n) is 11.8. The molecule has 0 spiro atoms. The van der Waals surface area contributed by atoms with Crippen molar-refractivity contribution in [3.8, 4) is 5.75 Å². The molecular weight excluding hydrogens is 558 g/mol. The van der Waals surface area contributed by atoms with Crippen LogP contribution in [0.25, 0.3) is 10.9 Å². The smallest absolute Gasteiger partial charge is 0.195 e. The molecule has 1 aliphatic carbocycles. The van der Waals surface area contributed by atoms with Gasteiger partial charge in [-0.3, -0.25) is 9.69 Å². The first-order valence-electron chi connectivity index (χ1n) is 14.8. The fourth-order valence-corrected chi connectivity index (χ4v) is 6.42. The topological polar surface area (TPSA) is 95.0 Å². The number of anilines is 2. The quantitative estimate of drug-likeness (QED) is 0.349. The summed E-state index contributed by atoms with van der Waals surface area (Å²) in [6.07, 6.45) is 2.56. The van der Waals surface area contributed by atoms with E-state index in [1.807, 2.05) is 4.90 Å². The molecule has 4 heterocycles. The van der Waals surface area contributed by atoms with E-state index in [1.165, 1.54) is 18.5 Å². The van der Waals surface area contributed by atoms with Crippen molar-refractivity contribution in [2.45, 2.75) is 25.6 Å². The van der Waals surface area contributed by atoms with E-state index in [0.717, 1.165) is 13.2 Å². The molecule has 4 aliphatic rings. The highest BCUT2D eigenvalue weighted by atomic mass is 19.1. The molecule has 43 heavy (non-hydrogen) atoms. The molecule has 4 fully saturated rings. The average Bonchev–Trinajstić information content (AvgIpc) is 3.31. The molecule has 3 aliphatic heterocycles. The van der Waals surface area contributed by atoms with Crippen LogP contribution in [0.15, 0.2) is 48.6 Å². The number of hydrogen-bond acceptors (Lipinski definition) is 9. The fourth-order valence-electron chi connectivity index (χ4n) is 6.42. The number of fused-ring (bicyclic) bond motifs is 3.